The number of hydrogen-bond acceptors (Lipinski definition) is 6. The fourth-order valence-electron chi connectivity index (χ4n) is 4.42. The maximum Gasteiger partial charge on any atom is 0.410 e. The van der Waals surface area contributed by atoms with Gasteiger partial charge in [-0.3, -0.25) is 0 Å². The van der Waals surface area contributed by atoms with Crippen LogP contribution in [0, 0.1) is 5.92 Å². The Hall–Kier alpha value is -2.83. The summed E-state index contributed by atoms with van der Waals surface area (Å²) in [6.45, 7) is 13.3. The van der Waals surface area contributed by atoms with Crippen LogP contribution in [0.1, 0.15) is 58.9 Å². The molecule has 2 aromatic rings. The van der Waals surface area contributed by atoms with E-state index >= 15 is 0 Å². The molecule has 7 heteroatoms. The molecule has 0 saturated carbocycles. The van der Waals surface area contributed by atoms with Gasteiger partial charge in [-0.2, -0.15) is 0 Å². The van der Waals surface area contributed by atoms with Gasteiger partial charge in [-0.25, -0.2) is 14.8 Å². The van der Waals surface area contributed by atoms with Gasteiger partial charge in [-0.15, -0.1) is 0 Å². The molecule has 0 radical (unpaired) electrons. The van der Waals surface area contributed by atoms with Crippen molar-refractivity contribution in [2.24, 2.45) is 5.92 Å². The van der Waals surface area contributed by atoms with Crippen LogP contribution in [0.15, 0.2) is 30.5 Å². The number of piperidine rings is 1. The average Bonchev–Trinajstić information content (AvgIpc) is 3.15. The number of amides is 1. The van der Waals surface area contributed by atoms with Crippen molar-refractivity contribution in [1.82, 2.24) is 14.9 Å². The summed E-state index contributed by atoms with van der Waals surface area (Å²) in [4.78, 5) is 26.1. The molecule has 0 spiro atoms. The minimum Gasteiger partial charge on any atom is -0.444 e. The van der Waals surface area contributed by atoms with Crippen LogP contribution in [0.25, 0.3) is 11.4 Å². The molecule has 3 heterocycles. The predicted octanol–water partition coefficient (Wildman–Crippen LogP) is 5.10. The number of nitrogens with zero attached hydrogens (tertiary/aromatic N) is 4. The van der Waals surface area contributed by atoms with Crippen molar-refractivity contribution in [3.05, 3.63) is 36.0 Å². The van der Waals surface area contributed by atoms with Gasteiger partial charge in [0.1, 0.15) is 5.60 Å². The van der Waals surface area contributed by atoms with Gasteiger partial charge >= 0.3 is 6.09 Å². The minimum absolute atomic E-state index is 0.203. The van der Waals surface area contributed by atoms with Gasteiger partial charge in [0.25, 0.3) is 0 Å². The molecule has 2 aliphatic heterocycles. The number of fused-ring (bicyclic) bond motifs is 1. The molecule has 1 fully saturated rings. The van der Waals surface area contributed by atoms with Gasteiger partial charge in [0.15, 0.2) is 11.6 Å². The lowest BCUT2D eigenvalue weighted by Crippen LogP contribution is -2.43. The zero-order valence-corrected chi connectivity index (χ0v) is 19.9. The van der Waals surface area contributed by atoms with Crippen molar-refractivity contribution in [2.75, 3.05) is 36.5 Å². The zero-order chi connectivity index (χ0) is 22.9. The van der Waals surface area contributed by atoms with Crippen LogP contribution in [0.4, 0.5) is 16.3 Å². The van der Waals surface area contributed by atoms with Gasteiger partial charge in [-0.05, 0) is 51.0 Å². The molecule has 1 aromatic carbocycles. The van der Waals surface area contributed by atoms with Crippen molar-refractivity contribution in [3.8, 4) is 11.4 Å². The Morgan fingerprint density at radius 3 is 2.62 bits per heavy atom. The van der Waals surface area contributed by atoms with Crippen LogP contribution in [0.5, 0.6) is 0 Å². The first kappa shape index (κ1) is 22.4. The van der Waals surface area contributed by atoms with E-state index in [0.717, 1.165) is 62.0 Å². The summed E-state index contributed by atoms with van der Waals surface area (Å²) in [6.07, 6.45) is 3.64. The number of benzene rings is 1. The van der Waals surface area contributed by atoms with Crippen LogP contribution in [-0.2, 0) is 4.74 Å². The third-order valence-corrected chi connectivity index (χ3v) is 6.10. The fourth-order valence-corrected chi connectivity index (χ4v) is 4.42. The second-order valence-electron chi connectivity index (χ2n) is 10.1. The Kier molecular flexibility index (Phi) is 6.26. The molecule has 2 aliphatic rings. The zero-order valence-electron chi connectivity index (χ0n) is 19.9. The summed E-state index contributed by atoms with van der Waals surface area (Å²) in [5.74, 6) is 2.68. The SMILES string of the molecule is CC(C)c1ccccc1-c1ncc2c(n1)N(CC1CCN(C(=O)OC(C)(C)C)CC1)CN2. The Morgan fingerprint density at radius 1 is 1.22 bits per heavy atom. The van der Waals surface area contributed by atoms with E-state index in [4.69, 9.17) is 9.72 Å². The molecule has 0 aliphatic carbocycles. The molecule has 1 amide bonds. The Bertz CT molecular complexity index is 961. The Balaban J connectivity index is 1.43. The highest BCUT2D eigenvalue weighted by Gasteiger charge is 2.30. The lowest BCUT2D eigenvalue weighted by Gasteiger charge is -2.35. The third kappa shape index (κ3) is 4.97. The van der Waals surface area contributed by atoms with E-state index in [1.165, 1.54) is 5.56 Å². The summed E-state index contributed by atoms with van der Waals surface area (Å²) in [7, 11) is 0. The number of aromatic nitrogens is 2. The average molecular weight is 438 g/mol. The number of nitrogens with one attached hydrogen (secondary N) is 1. The summed E-state index contributed by atoms with van der Waals surface area (Å²) in [5.41, 5.74) is 2.90. The molecule has 4 rings (SSSR count). The van der Waals surface area contributed by atoms with E-state index in [-0.39, 0.29) is 6.09 Å². The lowest BCUT2D eigenvalue weighted by atomic mass is 9.96. The normalized spacial score (nSPS) is 16.8. The molecule has 1 saturated heterocycles. The smallest absolute Gasteiger partial charge is 0.410 e. The molecule has 0 unspecified atom stereocenters. The van der Waals surface area contributed by atoms with E-state index in [1.807, 2.05) is 37.9 Å². The van der Waals surface area contributed by atoms with Crippen molar-refractivity contribution in [2.45, 2.75) is 59.0 Å². The van der Waals surface area contributed by atoms with Crippen molar-refractivity contribution in [3.63, 3.8) is 0 Å². The molecule has 172 valence electrons. The fraction of sp³-hybridized carbons (Fsp3) is 0.560. The molecule has 1 N–H and O–H groups in total. The van der Waals surface area contributed by atoms with Crippen LogP contribution < -0.4 is 10.2 Å². The second kappa shape index (κ2) is 8.96. The first-order chi connectivity index (χ1) is 15.2. The first-order valence-corrected chi connectivity index (χ1v) is 11.6. The predicted molar refractivity (Wildman–Crippen MR) is 128 cm³/mol. The molecule has 32 heavy (non-hydrogen) atoms. The van der Waals surface area contributed by atoms with Crippen molar-refractivity contribution in [1.29, 1.82) is 0 Å². The number of ether oxygens (including phenoxy) is 1. The molecule has 0 bridgehead atoms. The topological polar surface area (TPSA) is 70.6 Å². The highest BCUT2D eigenvalue weighted by Crippen LogP contribution is 2.34. The second-order valence-corrected chi connectivity index (χ2v) is 10.1. The minimum atomic E-state index is -0.454. The van der Waals surface area contributed by atoms with Gasteiger partial charge < -0.3 is 19.9 Å². The third-order valence-electron chi connectivity index (χ3n) is 6.10. The van der Waals surface area contributed by atoms with E-state index in [0.29, 0.717) is 11.8 Å². The quantitative estimate of drug-likeness (QED) is 0.717. The molecular weight excluding hydrogens is 402 g/mol. The maximum absolute atomic E-state index is 12.3. The van der Waals surface area contributed by atoms with Gasteiger partial charge in [-0.1, -0.05) is 38.1 Å². The van der Waals surface area contributed by atoms with Gasteiger partial charge in [0.2, 0.25) is 0 Å². The summed E-state index contributed by atoms with van der Waals surface area (Å²) in [5, 5.41) is 3.42. The number of likely N-dealkylation sites (tertiary alicyclic amines) is 1. The van der Waals surface area contributed by atoms with Crippen LogP contribution in [0.3, 0.4) is 0 Å². The molecular formula is C25H35N5O2. The van der Waals surface area contributed by atoms with Crippen LogP contribution >= 0.6 is 0 Å². The number of anilines is 2. The van der Waals surface area contributed by atoms with E-state index in [1.54, 1.807) is 0 Å². The number of carbonyl (C=O) groups excluding carboxylic acids is 1. The van der Waals surface area contributed by atoms with Gasteiger partial charge in [0, 0.05) is 25.2 Å². The molecule has 0 atom stereocenters. The molecule has 1 aromatic heterocycles. The molecule has 7 nitrogen and oxygen atoms in total. The largest absolute Gasteiger partial charge is 0.444 e. The van der Waals surface area contributed by atoms with Crippen molar-refractivity contribution < 1.29 is 9.53 Å². The van der Waals surface area contributed by atoms with E-state index in [9.17, 15) is 4.79 Å². The highest BCUT2D eigenvalue weighted by molar-refractivity contribution is 5.73. The monoisotopic (exact) mass is 437 g/mol. The first-order valence-electron chi connectivity index (χ1n) is 11.6. The maximum atomic E-state index is 12.3. The Labute approximate surface area is 191 Å². The van der Waals surface area contributed by atoms with E-state index < -0.39 is 5.60 Å². The Morgan fingerprint density at radius 2 is 1.94 bits per heavy atom. The number of carbonyl (C=O) groups is 1. The summed E-state index contributed by atoms with van der Waals surface area (Å²) >= 11 is 0. The standard InChI is InChI=1S/C25H35N5O2/c1-17(2)19-8-6-7-9-20(19)22-26-14-21-23(28-22)30(16-27-21)15-18-10-12-29(13-11-18)24(31)32-25(3,4)5/h6-9,14,17-18,27H,10-13,15-16H2,1-5H3. The summed E-state index contributed by atoms with van der Waals surface area (Å²) < 4.78 is 5.52. The number of rotatable bonds is 4. The summed E-state index contributed by atoms with van der Waals surface area (Å²) in [6, 6.07) is 8.39. The highest BCUT2D eigenvalue weighted by atomic mass is 16.6. The van der Waals surface area contributed by atoms with Crippen molar-refractivity contribution >= 4 is 17.6 Å². The van der Waals surface area contributed by atoms with Gasteiger partial charge in [0.05, 0.1) is 18.6 Å². The van der Waals surface area contributed by atoms with Crippen LogP contribution in [-0.4, -0.2) is 52.9 Å². The van der Waals surface area contributed by atoms with Crippen LogP contribution in [0.2, 0.25) is 0 Å². The number of hydrogen-bond donors (Lipinski definition) is 1. The van der Waals surface area contributed by atoms with E-state index in [2.05, 4.69) is 47.2 Å². The lowest BCUT2D eigenvalue weighted by molar-refractivity contribution is 0.0186.